The van der Waals surface area contributed by atoms with Crippen LogP contribution in [0.2, 0.25) is 0 Å². The van der Waals surface area contributed by atoms with E-state index in [1.807, 2.05) is 6.92 Å². The summed E-state index contributed by atoms with van der Waals surface area (Å²) in [6, 6.07) is 0. The smallest absolute Gasteiger partial charge is 0.110 e. The molecule has 0 bridgehead atoms. The van der Waals surface area contributed by atoms with Crippen LogP contribution < -0.4 is 11.3 Å². The highest BCUT2D eigenvalue weighted by molar-refractivity contribution is 5.81. The Hall–Kier alpha value is -0.570. The summed E-state index contributed by atoms with van der Waals surface area (Å²) in [7, 11) is 0. The fourth-order valence-corrected chi connectivity index (χ4v) is 0.956. The lowest BCUT2D eigenvalue weighted by molar-refractivity contribution is 0.268. The Morgan fingerprint density at radius 2 is 2.00 bits per heavy atom. The number of nitrogens with one attached hydrogen (secondary N) is 1. The van der Waals surface area contributed by atoms with E-state index in [1.54, 1.807) is 0 Å². The minimum Gasteiger partial charge on any atom is -0.312 e. The van der Waals surface area contributed by atoms with Crippen molar-refractivity contribution in [1.82, 2.24) is 5.43 Å². The van der Waals surface area contributed by atoms with Gasteiger partial charge in [0.2, 0.25) is 0 Å². The first-order chi connectivity index (χ1) is 5.91. The molecule has 1 atom stereocenters. The predicted molar refractivity (Wildman–Crippen MR) is 58.5 cm³/mol. The van der Waals surface area contributed by atoms with Crippen LogP contribution in [0.4, 0.5) is 0 Å². The molecule has 0 spiro atoms. The van der Waals surface area contributed by atoms with Gasteiger partial charge in [0, 0.05) is 13.0 Å². The third-order valence-corrected chi connectivity index (χ3v) is 2.49. The summed E-state index contributed by atoms with van der Waals surface area (Å²) in [5, 5.41) is 0. The quantitative estimate of drug-likeness (QED) is 0.305. The van der Waals surface area contributed by atoms with Gasteiger partial charge in [-0.3, -0.25) is 4.99 Å². The minimum atomic E-state index is 0.311. The Morgan fingerprint density at radius 3 is 2.31 bits per heavy atom. The van der Waals surface area contributed by atoms with Crippen molar-refractivity contribution in [3.63, 3.8) is 0 Å². The van der Waals surface area contributed by atoms with Crippen LogP contribution in [-0.2, 0) is 0 Å². The number of hydrogen-bond donors (Lipinski definition) is 2. The molecule has 1 unspecified atom stereocenters. The lowest BCUT2D eigenvalue weighted by Gasteiger charge is -2.27. The number of hydrogen-bond acceptors (Lipinski definition) is 2. The molecule has 3 N–H and O–H groups in total. The molecule has 0 aliphatic rings. The van der Waals surface area contributed by atoms with E-state index < -0.39 is 0 Å². The third-order valence-electron chi connectivity index (χ3n) is 2.49. The molecular weight excluding hydrogens is 162 g/mol. The molecule has 0 heterocycles. The standard InChI is InChI=1S/C10H23N3/c1-6-12-9(13-11)7-8(2)10(3,4)5/h8H,6-7,11H2,1-5H3,(H,12,13). The van der Waals surface area contributed by atoms with E-state index in [2.05, 4.69) is 38.1 Å². The average molecular weight is 185 g/mol. The Bertz CT molecular complexity index is 167. The van der Waals surface area contributed by atoms with Crippen molar-refractivity contribution in [3.8, 4) is 0 Å². The molecule has 13 heavy (non-hydrogen) atoms. The fraction of sp³-hybridized carbons (Fsp3) is 0.900. The van der Waals surface area contributed by atoms with E-state index in [1.165, 1.54) is 0 Å². The summed E-state index contributed by atoms with van der Waals surface area (Å²) in [5.74, 6) is 6.85. The molecule has 0 aromatic heterocycles. The van der Waals surface area contributed by atoms with E-state index in [0.29, 0.717) is 11.3 Å². The van der Waals surface area contributed by atoms with Crippen molar-refractivity contribution in [3.05, 3.63) is 0 Å². The lowest BCUT2D eigenvalue weighted by Crippen LogP contribution is -2.34. The molecule has 0 aliphatic heterocycles. The zero-order valence-electron chi connectivity index (χ0n) is 9.52. The Labute approximate surface area is 81.8 Å². The molecule has 0 radical (unpaired) electrons. The Morgan fingerprint density at radius 1 is 1.46 bits per heavy atom. The molecule has 0 aliphatic carbocycles. The summed E-state index contributed by atoms with van der Waals surface area (Å²) < 4.78 is 0. The van der Waals surface area contributed by atoms with Crippen molar-refractivity contribution >= 4 is 5.84 Å². The highest BCUT2D eigenvalue weighted by Gasteiger charge is 2.21. The van der Waals surface area contributed by atoms with Crippen LogP contribution in [0.25, 0.3) is 0 Å². The number of amidine groups is 1. The van der Waals surface area contributed by atoms with Crippen molar-refractivity contribution < 1.29 is 0 Å². The largest absolute Gasteiger partial charge is 0.312 e. The number of nitrogens with two attached hydrogens (primary N) is 1. The monoisotopic (exact) mass is 185 g/mol. The minimum absolute atomic E-state index is 0.311. The summed E-state index contributed by atoms with van der Waals surface area (Å²) >= 11 is 0. The van der Waals surface area contributed by atoms with Crippen molar-refractivity contribution in [1.29, 1.82) is 0 Å². The molecule has 0 saturated heterocycles. The van der Waals surface area contributed by atoms with E-state index in [4.69, 9.17) is 5.84 Å². The highest BCUT2D eigenvalue weighted by Crippen LogP contribution is 2.27. The van der Waals surface area contributed by atoms with Gasteiger partial charge in [-0.05, 0) is 18.3 Å². The van der Waals surface area contributed by atoms with Gasteiger partial charge in [0.25, 0.3) is 0 Å². The average Bonchev–Trinajstić information content (AvgIpc) is 2.01. The molecule has 0 amide bonds. The highest BCUT2D eigenvalue weighted by atomic mass is 15.2. The number of nitrogens with zero attached hydrogens (tertiary/aromatic N) is 1. The zero-order valence-corrected chi connectivity index (χ0v) is 9.52. The SMILES string of the molecule is CCN=C(CC(C)C(C)(C)C)NN. The predicted octanol–water partition coefficient (Wildman–Crippen LogP) is 1.94. The number of rotatable bonds is 3. The molecule has 0 rings (SSSR count). The van der Waals surface area contributed by atoms with Crippen molar-refractivity contribution in [2.24, 2.45) is 22.2 Å². The first-order valence-corrected chi connectivity index (χ1v) is 4.91. The van der Waals surface area contributed by atoms with Crippen LogP contribution in [0.3, 0.4) is 0 Å². The number of aliphatic imine (C=N–C) groups is 1. The van der Waals surface area contributed by atoms with Gasteiger partial charge >= 0.3 is 0 Å². The van der Waals surface area contributed by atoms with Gasteiger partial charge in [-0.25, -0.2) is 5.84 Å². The molecular formula is C10H23N3. The van der Waals surface area contributed by atoms with Crippen LogP contribution in [0.15, 0.2) is 4.99 Å². The van der Waals surface area contributed by atoms with Crippen LogP contribution in [0.1, 0.15) is 41.0 Å². The normalized spacial score (nSPS) is 15.7. The second-order valence-corrected chi connectivity index (χ2v) is 4.54. The van der Waals surface area contributed by atoms with Gasteiger partial charge in [0.1, 0.15) is 5.84 Å². The molecule has 3 heteroatoms. The fourth-order valence-electron chi connectivity index (χ4n) is 0.956. The van der Waals surface area contributed by atoms with E-state index in [9.17, 15) is 0 Å². The zero-order chi connectivity index (χ0) is 10.5. The van der Waals surface area contributed by atoms with Gasteiger partial charge in [0.05, 0.1) is 0 Å². The van der Waals surface area contributed by atoms with E-state index >= 15 is 0 Å². The van der Waals surface area contributed by atoms with Gasteiger partial charge in [-0.15, -0.1) is 0 Å². The van der Waals surface area contributed by atoms with Crippen LogP contribution in [0, 0.1) is 11.3 Å². The molecule has 0 saturated carbocycles. The van der Waals surface area contributed by atoms with Gasteiger partial charge in [-0.2, -0.15) is 0 Å². The molecule has 78 valence electrons. The van der Waals surface area contributed by atoms with Crippen LogP contribution >= 0.6 is 0 Å². The summed E-state index contributed by atoms with van der Waals surface area (Å²) in [6.45, 7) is 11.7. The number of hydrazine groups is 1. The molecule has 0 aromatic carbocycles. The van der Waals surface area contributed by atoms with Crippen molar-refractivity contribution in [2.75, 3.05) is 6.54 Å². The van der Waals surface area contributed by atoms with E-state index in [0.717, 1.165) is 18.8 Å². The summed E-state index contributed by atoms with van der Waals surface area (Å²) in [4.78, 5) is 4.28. The first-order valence-electron chi connectivity index (χ1n) is 4.91. The first kappa shape index (κ1) is 12.4. The van der Waals surface area contributed by atoms with Gasteiger partial charge in [0.15, 0.2) is 0 Å². The van der Waals surface area contributed by atoms with Gasteiger partial charge in [-0.1, -0.05) is 27.7 Å². The Kier molecular flexibility index (Phi) is 4.99. The second-order valence-electron chi connectivity index (χ2n) is 4.54. The summed E-state index contributed by atoms with van der Waals surface area (Å²) in [5.41, 5.74) is 2.97. The van der Waals surface area contributed by atoms with Crippen LogP contribution in [0.5, 0.6) is 0 Å². The maximum Gasteiger partial charge on any atom is 0.110 e. The van der Waals surface area contributed by atoms with Crippen LogP contribution in [-0.4, -0.2) is 12.4 Å². The molecule has 0 fully saturated rings. The summed E-state index contributed by atoms with van der Waals surface area (Å²) in [6.07, 6.45) is 0.924. The topological polar surface area (TPSA) is 50.4 Å². The Balaban J connectivity index is 4.17. The molecule has 0 aromatic rings. The van der Waals surface area contributed by atoms with E-state index in [-0.39, 0.29) is 0 Å². The maximum atomic E-state index is 5.37. The molecule has 3 nitrogen and oxygen atoms in total. The van der Waals surface area contributed by atoms with Gasteiger partial charge < -0.3 is 5.43 Å². The third kappa shape index (κ3) is 4.88. The maximum absolute atomic E-state index is 5.37. The second kappa shape index (κ2) is 5.22. The lowest BCUT2D eigenvalue weighted by atomic mass is 9.80. The van der Waals surface area contributed by atoms with Crippen molar-refractivity contribution in [2.45, 2.75) is 41.0 Å².